The van der Waals surface area contributed by atoms with Gasteiger partial charge in [-0.1, -0.05) is 23.7 Å². The molecular formula is C14H15ClN4O2. The van der Waals surface area contributed by atoms with Crippen molar-refractivity contribution in [2.45, 2.75) is 27.3 Å². The van der Waals surface area contributed by atoms with Crippen molar-refractivity contribution < 1.29 is 4.92 Å². The molecule has 0 aliphatic rings. The Morgan fingerprint density at radius 1 is 1.24 bits per heavy atom. The molecule has 0 fully saturated rings. The standard InChI is InChI=1S/C14H15ClN4O2/c1-8-11(5-4-6-12(8)19(20)21)7-16-14-9(2)13(15)17-10(3)18-14/h4-6H,7H2,1-3H3,(H,16,17,18). The summed E-state index contributed by atoms with van der Waals surface area (Å²) in [4.78, 5) is 18.9. The number of nitrogens with one attached hydrogen (secondary N) is 1. The van der Waals surface area contributed by atoms with Gasteiger partial charge in [0.05, 0.1) is 4.92 Å². The summed E-state index contributed by atoms with van der Waals surface area (Å²) in [5.74, 6) is 1.21. The Morgan fingerprint density at radius 3 is 2.62 bits per heavy atom. The average Bonchev–Trinajstić information content (AvgIpc) is 2.42. The Morgan fingerprint density at radius 2 is 1.95 bits per heavy atom. The van der Waals surface area contributed by atoms with Gasteiger partial charge < -0.3 is 5.32 Å². The largest absolute Gasteiger partial charge is 0.366 e. The van der Waals surface area contributed by atoms with E-state index in [1.807, 2.05) is 13.0 Å². The third-order valence-electron chi connectivity index (χ3n) is 3.26. The number of hydrogen-bond donors (Lipinski definition) is 1. The first-order valence-electron chi connectivity index (χ1n) is 6.37. The number of nitrogens with zero attached hydrogens (tertiary/aromatic N) is 3. The number of nitro groups is 1. The molecule has 7 heteroatoms. The second-order valence-electron chi connectivity index (χ2n) is 4.71. The van der Waals surface area contributed by atoms with E-state index in [4.69, 9.17) is 11.6 Å². The second-order valence-corrected chi connectivity index (χ2v) is 5.07. The fraction of sp³-hybridized carbons (Fsp3) is 0.286. The maximum Gasteiger partial charge on any atom is 0.272 e. The first kappa shape index (κ1) is 15.2. The minimum absolute atomic E-state index is 0.114. The molecule has 0 atom stereocenters. The molecule has 0 amide bonds. The van der Waals surface area contributed by atoms with Crippen molar-refractivity contribution in [2.24, 2.45) is 0 Å². The van der Waals surface area contributed by atoms with Gasteiger partial charge in [-0.05, 0) is 26.3 Å². The smallest absolute Gasteiger partial charge is 0.272 e. The summed E-state index contributed by atoms with van der Waals surface area (Å²) in [6.45, 7) is 5.75. The third kappa shape index (κ3) is 3.28. The van der Waals surface area contributed by atoms with E-state index in [9.17, 15) is 10.1 Å². The highest BCUT2D eigenvalue weighted by Crippen LogP contribution is 2.23. The zero-order valence-electron chi connectivity index (χ0n) is 12.0. The molecule has 0 saturated heterocycles. The van der Waals surface area contributed by atoms with E-state index in [2.05, 4.69) is 15.3 Å². The molecule has 1 aromatic carbocycles. The van der Waals surface area contributed by atoms with E-state index in [-0.39, 0.29) is 10.6 Å². The lowest BCUT2D eigenvalue weighted by atomic mass is 10.1. The van der Waals surface area contributed by atoms with Gasteiger partial charge in [-0.25, -0.2) is 9.97 Å². The second kappa shape index (κ2) is 6.05. The first-order valence-corrected chi connectivity index (χ1v) is 6.75. The predicted molar refractivity (Wildman–Crippen MR) is 81.7 cm³/mol. The maximum atomic E-state index is 10.9. The highest BCUT2D eigenvalue weighted by Gasteiger charge is 2.14. The van der Waals surface area contributed by atoms with Gasteiger partial charge in [0.15, 0.2) is 0 Å². The molecule has 21 heavy (non-hydrogen) atoms. The maximum absolute atomic E-state index is 10.9. The van der Waals surface area contributed by atoms with Gasteiger partial charge in [0.25, 0.3) is 5.69 Å². The molecule has 2 rings (SSSR count). The van der Waals surface area contributed by atoms with E-state index in [0.717, 1.165) is 11.1 Å². The van der Waals surface area contributed by atoms with Crippen LogP contribution in [0.25, 0.3) is 0 Å². The highest BCUT2D eigenvalue weighted by molar-refractivity contribution is 6.30. The summed E-state index contributed by atoms with van der Waals surface area (Å²) >= 11 is 6.02. The molecule has 0 unspecified atom stereocenters. The zero-order chi connectivity index (χ0) is 15.6. The Bertz CT molecular complexity index is 704. The van der Waals surface area contributed by atoms with Gasteiger partial charge in [0, 0.05) is 23.7 Å². The van der Waals surface area contributed by atoms with Crippen molar-refractivity contribution in [3.8, 4) is 0 Å². The lowest BCUT2D eigenvalue weighted by Gasteiger charge is -2.11. The molecule has 1 N–H and O–H groups in total. The fourth-order valence-corrected chi connectivity index (χ4v) is 2.22. The van der Waals surface area contributed by atoms with Crippen LogP contribution in [0.2, 0.25) is 5.15 Å². The van der Waals surface area contributed by atoms with E-state index >= 15 is 0 Å². The number of rotatable bonds is 4. The van der Waals surface area contributed by atoms with Gasteiger partial charge >= 0.3 is 0 Å². The number of anilines is 1. The van der Waals surface area contributed by atoms with Crippen LogP contribution in [0.5, 0.6) is 0 Å². The van der Waals surface area contributed by atoms with E-state index < -0.39 is 0 Å². The normalized spacial score (nSPS) is 10.5. The predicted octanol–water partition coefficient (Wildman–Crippen LogP) is 3.58. The highest BCUT2D eigenvalue weighted by atomic mass is 35.5. The molecule has 0 radical (unpaired) electrons. The van der Waals surface area contributed by atoms with E-state index in [0.29, 0.717) is 28.9 Å². The molecule has 0 spiro atoms. The third-order valence-corrected chi connectivity index (χ3v) is 3.63. The van der Waals surface area contributed by atoms with Crippen LogP contribution < -0.4 is 5.32 Å². The molecule has 0 bridgehead atoms. The van der Waals surface area contributed by atoms with Crippen molar-refractivity contribution in [2.75, 3.05) is 5.32 Å². The summed E-state index contributed by atoms with van der Waals surface area (Å²) < 4.78 is 0. The number of benzene rings is 1. The molecular weight excluding hydrogens is 292 g/mol. The Hall–Kier alpha value is -2.21. The number of aryl methyl sites for hydroxylation is 1. The van der Waals surface area contributed by atoms with Crippen LogP contribution in [-0.2, 0) is 6.54 Å². The van der Waals surface area contributed by atoms with E-state index in [1.54, 1.807) is 19.9 Å². The Balaban J connectivity index is 2.25. The summed E-state index contributed by atoms with van der Waals surface area (Å²) in [6, 6.07) is 5.02. The molecule has 6 nitrogen and oxygen atoms in total. The summed E-state index contributed by atoms with van der Waals surface area (Å²) in [5, 5.41) is 14.5. The molecule has 0 aliphatic heterocycles. The van der Waals surface area contributed by atoms with Crippen molar-refractivity contribution in [1.82, 2.24) is 9.97 Å². The van der Waals surface area contributed by atoms with Crippen LogP contribution in [0.4, 0.5) is 11.5 Å². The minimum atomic E-state index is -0.379. The molecule has 110 valence electrons. The van der Waals surface area contributed by atoms with Gasteiger partial charge in [-0.2, -0.15) is 0 Å². The molecule has 2 aromatic rings. The number of hydrogen-bond acceptors (Lipinski definition) is 5. The SMILES string of the molecule is Cc1nc(Cl)c(C)c(NCc2cccc([N+](=O)[O-])c2C)n1. The van der Waals surface area contributed by atoms with Gasteiger partial charge in [-0.3, -0.25) is 10.1 Å². The molecule has 0 saturated carbocycles. The van der Waals surface area contributed by atoms with Gasteiger partial charge in [0.1, 0.15) is 16.8 Å². The fourth-order valence-electron chi connectivity index (χ4n) is 2.00. The monoisotopic (exact) mass is 306 g/mol. The summed E-state index contributed by atoms with van der Waals surface area (Å²) in [5.41, 5.74) is 2.36. The quantitative estimate of drug-likeness (QED) is 0.530. The van der Waals surface area contributed by atoms with Gasteiger partial charge in [-0.15, -0.1) is 0 Å². The minimum Gasteiger partial charge on any atom is -0.366 e. The molecule has 1 heterocycles. The van der Waals surface area contributed by atoms with Crippen LogP contribution in [0, 0.1) is 30.9 Å². The molecule has 0 aliphatic carbocycles. The van der Waals surface area contributed by atoms with Crippen LogP contribution in [-0.4, -0.2) is 14.9 Å². The average molecular weight is 307 g/mol. The van der Waals surface area contributed by atoms with Crippen LogP contribution in [0.3, 0.4) is 0 Å². The van der Waals surface area contributed by atoms with E-state index in [1.165, 1.54) is 6.07 Å². The lowest BCUT2D eigenvalue weighted by molar-refractivity contribution is -0.385. The number of aromatic nitrogens is 2. The van der Waals surface area contributed by atoms with Crippen molar-refractivity contribution in [3.63, 3.8) is 0 Å². The number of halogens is 1. The van der Waals surface area contributed by atoms with Crippen LogP contribution in [0.1, 0.15) is 22.5 Å². The topological polar surface area (TPSA) is 81.0 Å². The van der Waals surface area contributed by atoms with Crippen molar-refractivity contribution in [3.05, 3.63) is 56.0 Å². The van der Waals surface area contributed by atoms with Crippen molar-refractivity contribution >= 4 is 23.1 Å². The lowest BCUT2D eigenvalue weighted by Crippen LogP contribution is -2.07. The van der Waals surface area contributed by atoms with Gasteiger partial charge in [0.2, 0.25) is 0 Å². The first-order chi connectivity index (χ1) is 9.90. The van der Waals surface area contributed by atoms with Crippen LogP contribution >= 0.6 is 11.6 Å². The Labute approximate surface area is 127 Å². The summed E-state index contributed by atoms with van der Waals surface area (Å²) in [6.07, 6.45) is 0. The zero-order valence-corrected chi connectivity index (χ0v) is 12.7. The summed E-state index contributed by atoms with van der Waals surface area (Å²) in [7, 11) is 0. The molecule has 1 aromatic heterocycles. The Kier molecular flexibility index (Phi) is 4.37. The van der Waals surface area contributed by atoms with Crippen molar-refractivity contribution in [1.29, 1.82) is 0 Å². The number of nitro benzene ring substituents is 1. The van der Waals surface area contributed by atoms with Crippen LogP contribution in [0.15, 0.2) is 18.2 Å².